The summed E-state index contributed by atoms with van der Waals surface area (Å²) >= 11 is 7.48. The topological polar surface area (TPSA) is 16.3 Å². The van der Waals surface area contributed by atoms with Crippen molar-refractivity contribution in [2.75, 3.05) is 9.80 Å². The third kappa shape index (κ3) is 11.4. The summed E-state index contributed by atoms with van der Waals surface area (Å²) in [5, 5.41) is 15.5. The highest BCUT2D eigenvalue weighted by atomic mass is 32.1. The zero-order valence-electron chi connectivity index (χ0n) is 62.7. The maximum Gasteiger partial charge on any atom is 0.0640 e. The number of nitrogens with zero attached hydrogens (tertiary/aromatic N) is 4. The zero-order chi connectivity index (χ0) is 76.3. The van der Waals surface area contributed by atoms with Crippen molar-refractivity contribution in [1.29, 1.82) is 0 Å². The Hall–Kier alpha value is -14.0. The Labute approximate surface area is 685 Å². The van der Waals surface area contributed by atoms with E-state index in [-0.39, 0.29) is 0 Å². The van der Waals surface area contributed by atoms with Gasteiger partial charge in [0.1, 0.15) is 0 Å². The lowest BCUT2D eigenvalue weighted by Crippen LogP contribution is -2.10. The Bertz CT molecular complexity index is 7930. The molecule has 24 rings (SSSR count). The summed E-state index contributed by atoms with van der Waals surface area (Å²) < 4.78 is 15.4. The summed E-state index contributed by atoms with van der Waals surface area (Å²) in [6, 6.07) is 151. The van der Waals surface area contributed by atoms with Crippen molar-refractivity contribution in [3.8, 4) is 55.9 Å². The van der Waals surface area contributed by atoms with Crippen LogP contribution in [0.5, 0.6) is 0 Å². The lowest BCUT2D eigenvalue weighted by molar-refractivity contribution is 1.19. The summed E-state index contributed by atoms with van der Waals surface area (Å²) in [5.41, 5.74) is 23.8. The van der Waals surface area contributed by atoms with Crippen LogP contribution in [0.1, 0.15) is 0 Å². The van der Waals surface area contributed by atoms with Gasteiger partial charge in [0.25, 0.3) is 0 Å². The molecule has 0 bridgehead atoms. The van der Waals surface area contributed by atoms with Crippen LogP contribution in [0.15, 0.2) is 413 Å². The number of thiophene rings is 4. The molecule has 0 saturated heterocycles. The molecule has 0 radical (unpaired) electrons. The molecule has 18 aromatic carbocycles. The van der Waals surface area contributed by atoms with E-state index in [2.05, 4.69) is 431 Å². The van der Waals surface area contributed by atoms with Crippen molar-refractivity contribution >= 4 is 204 Å². The second kappa shape index (κ2) is 28.0. The molecule has 0 fully saturated rings. The normalized spacial score (nSPS) is 11.8. The van der Waals surface area contributed by atoms with Gasteiger partial charge >= 0.3 is 0 Å². The van der Waals surface area contributed by atoms with E-state index in [1.165, 1.54) is 192 Å². The van der Waals surface area contributed by atoms with Crippen molar-refractivity contribution < 1.29 is 0 Å². The first kappa shape index (κ1) is 67.7. The number of hydrogen-bond donors (Lipinski definition) is 0. The SMILES string of the molecule is c1ccc(-c2ccc(N(c3ccc(-c4ccc5c(c4)c4ccccc4n5-c4ccc5sc6ccccc6c5c4)cc3)c3cccc4c3sc3ccccc34)cc2)cc1.c1ccc(-c2ccc(N(c3ccc(-c4ccc5c(c4)c4ccccc4n5-c4cccc5c4sc4ccccc45)cc3)c3cccc4c3sc3ccccc34)cc2)cc1. The van der Waals surface area contributed by atoms with Gasteiger partial charge in [0.05, 0.1) is 53.2 Å². The van der Waals surface area contributed by atoms with Crippen molar-refractivity contribution in [3.05, 3.63) is 413 Å². The number of benzene rings is 18. The Kier molecular flexibility index (Phi) is 16.3. The lowest BCUT2D eigenvalue weighted by Gasteiger charge is -2.26. The molecule has 0 spiro atoms. The average molecular weight is 1550 g/mol. The highest BCUT2D eigenvalue weighted by molar-refractivity contribution is 7.27. The van der Waals surface area contributed by atoms with Gasteiger partial charge in [-0.2, -0.15) is 0 Å². The predicted octanol–water partition coefficient (Wildman–Crippen LogP) is 32.6. The third-order valence-electron chi connectivity index (χ3n) is 23.2. The van der Waals surface area contributed by atoms with Crippen molar-refractivity contribution in [2.24, 2.45) is 0 Å². The maximum atomic E-state index is 2.46. The summed E-state index contributed by atoms with van der Waals surface area (Å²) in [5.74, 6) is 0. The van der Waals surface area contributed by atoms with E-state index < -0.39 is 0 Å². The molecule has 0 aliphatic carbocycles. The van der Waals surface area contributed by atoms with Crippen LogP contribution >= 0.6 is 45.3 Å². The zero-order valence-corrected chi connectivity index (χ0v) is 65.9. The number of rotatable bonds is 12. The molecule has 8 heteroatoms. The molecule has 0 saturated carbocycles. The monoisotopic (exact) mass is 1550 g/mol. The minimum absolute atomic E-state index is 1.12. The molecule has 116 heavy (non-hydrogen) atoms. The maximum absolute atomic E-state index is 2.46. The highest BCUT2D eigenvalue weighted by Gasteiger charge is 2.24. The van der Waals surface area contributed by atoms with Crippen LogP contribution in [0.25, 0.3) is 180 Å². The van der Waals surface area contributed by atoms with Crippen LogP contribution < -0.4 is 9.80 Å². The fraction of sp³-hybridized carbons (Fsp3) is 0. The van der Waals surface area contributed by atoms with Gasteiger partial charge < -0.3 is 18.9 Å². The summed E-state index contributed by atoms with van der Waals surface area (Å²) in [6.45, 7) is 0. The van der Waals surface area contributed by atoms with Crippen LogP contribution in [-0.4, -0.2) is 9.13 Å². The van der Waals surface area contributed by atoms with E-state index >= 15 is 0 Å². The van der Waals surface area contributed by atoms with Gasteiger partial charge in [-0.3, -0.25) is 0 Å². The van der Waals surface area contributed by atoms with Crippen LogP contribution in [0.2, 0.25) is 0 Å². The number of para-hydroxylation sites is 2. The van der Waals surface area contributed by atoms with Crippen LogP contribution in [0.4, 0.5) is 34.1 Å². The van der Waals surface area contributed by atoms with Crippen molar-refractivity contribution in [2.45, 2.75) is 0 Å². The first-order valence-corrected chi connectivity index (χ1v) is 42.6. The van der Waals surface area contributed by atoms with E-state index in [0.717, 1.165) is 22.7 Å². The molecule has 4 nitrogen and oxygen atoms in total. The minimum Gasteiger partial charge on any atom is -0.309 e. The average Bonchev–Trinajstić information content (AvgIpc) is 1.58. The van der Waals surface area contributed by atoms with E-state index in [9.17, 15) is 0 Å². The molecule has 0 aliphatic heterocycles. The van der Waals surface area contributed by atoms with Gasteiger partial charge in [-0.25, -0.2) is 0 Å². The first-order chi connectivity index (χ1) is 57.5. The predicted molar refractivity (Wildman–Crippen MR) is 504 cm³/mol. The number of aromatic nitrogens is 2. The molecular formula is C108H68N4S4. The first-order valence-electron chi connectivity index (χ1n) is 39.3. The van der Waals surface area contributed by atoms with E-state index in [4.69, 9.17) is 0 Å². The third-order valence-corrected chi connectivity index (χ3v) is 28.0. The van der Waals surface area contributed by atoms with Crippen molar-refractivity contribution in [3.63, 3.8) is 0 Å². The van der Waals surface area contributed by atoms with E-state index in [1.54, 1.807) is 0 Å². The van der Waals surface area contributed by atoms with Gasteiger partial charge in [-0.15, -0.1) is 45.3 Å². The fourth-order valence-electron chi connectivity index (χ4n) is 17.7. The molecule has 0 N–H and O–H groups in total. The second-order valence-corrected chi connectivity index (χ2v) is 34.0. The standard InChI is InChI=1S/2C54H34N2S2/c1-2-11-35(12-3-1)36-21-26-39(27-22-36)55(50-18-10-16-45-43-14-5-9-20-52(43)58-54(45)50)40-28-23-37(24-29-40)38-25-31-49-46(33-38)42-13-4-7-17-48(42)56(49)41-30-32-53-47(34-41)44-15-6-8-19-51(44)57-53;1-2-12-35(13-3-1)36-24-29-39(30-25-36)55(49-20-10-17-44-42-15-5-8-22-51(42)57-53(44)49)40-31-26-37(27-32-40)38-28-33-48-46(34-38)41-14-4-7-19-47(41)56(48)50-21-11-18-45-43-16-6-9-23-52(43)58-54(45)50/h2*1-34H. The van der Waals surface area contributed by atoms with Crippen LogP contribution in [0, 0.1) is 0 Å². The number of fused-ring (bicyclic) bond motifs is 18. The second-order valence-electron chi connectivity index (χ2n) is 29.8. The van der Waals surface area contributed by atoms with Crippen molar-refractivity contribution in [1.82, 2.24) is 9.13 Å². The molecule has 0 unspecified atom stereocenters. The summed E-state index contributed by atoms with van der Waals surface area (Å²) in [6.07, 6.45) is 0. The molecule has 6 aromatic heterocycles. The molecule has 6 heterocycles. The van der Waals surface area contributed by atoms with Gasteiger partial charge in [0.15, 0.2) is 0 Å². The molecule has 0 aliphatic rings. The van der Waals surface area contributed by atoms with Gasteiger partial charge in [0.2, 0.25) is 0 Å². The Balaban J connectivity index is 0.000000137. The Morgan fingerprint density at radius 3 is 0.940 bits per heavy atom. The number of hydrogen-bond acceptors (Lipinski definition) is 6. The summed E-state index contributed by atoms with van der Waals surface area (Å²) in [7, 11) is 0. The number of anilines is 6. The van der Waals surface area contributed by atoms with E-state index in [0.29, 0.717) is 0 Å². The van der Waals surface area contributed by atoms with Gasteiger partial charge in [-0.1, -0.05) is 267 Å². The lowest BCUT2D eigenvalue weighted by atomic mass is 10.0. The quantitative estimate of drug-likeness (QED) is 0.121. The smallest absolute Gasteiger partial charge is 0.0640 e. The largest absolute Gasteiger partial charge is 0.309 e. The fourth-order valence-corrected chi connectivity index (χ4v) is 22.5. The Morgan fingerprint density at radius 1 is 0.172 bits per heavy atom. The van der Waals surface area contributed by atoms with Gasteiger partial charge in [-0.05, 0) is 190 Å². The van der Waals surface area contributed by atoms with Crippen LogP contribution in [0.3, 0.4) is 0 Å². The molecular weight excluding hydrogens is 1480 g/mol. The summed E-state index contributed by atoms with van der Waals surface area (Å²) in [4.78, 5) is 4.84. The molecule has 24 aromatic rings. The molecule has 0 amide bonds. The molecule has 0 atom stereocenters. The minimum atomic E-state index is 1.12. The van der Waals surface area contributed by atoms with Gasteiger partial charge in [0, 0.05) is 117 Å². The molecule has 544 valence electrons. The van der Waals surface area contributed by atoms with Crippen LogP contribution in [-0.2, 0) is 0 Å². The van der Waals surface area contributed by atoms with E-state index in [1.807, 2.05) is 45.3 Å². The highest BCUT2D eigenvalue weighted by Crippen LogP contribution is 2.50. The Morgan fingerprint density at radius 2 is 0.483 bits per heavy atom.